The lowest BCUT2D eigenvalue weighted by atomic mass is 10.1. The molecule has 27 heavy (non-hydrogen) atoms. The van der Waals surface area contributed by atoms with E-state index in [4.69, 9.17) is 23.2 Å². The number of aromatic nitrogens is 2. The molecule has 1 saturated carbocycles. The maximum atomic E-state index is 12.2. The highest BCUT2D eigenvalue weighted by atomic mass is 35.5. The average molecular weight is 445 g/mol. The van der Waals surface area contributed by atoms with Crippen molar-refractivity contribution in [3.63, 3.8) is 0 Å². The van der Waals surface area contributed by atoms with E-state index >= 15 is 0 Å². The van der Waals surface area contributed by atoms with Crippen LogP contribution in [0.25, 0.3) is 0 Å². The third-order valence-corrected chi connectivity index (χ3v) is 6.80. The number of hydrogen-bond donors (Lipinski definition) is 1. The number of hydrogen-bond acceptors (Lipinski definition) is 6. The Morgan fingerprint density at radius 3 is 2.70 bits per heavy atom. The first-order valence-corrected chi connectivity index (χ1v) is 10.9. The SMILES string of the molecule is CC(=O)N(c1nnc(SCC(=O)NC(C)c2ccc(Cl)c(Cl)c2)s1)C1CC1. The summed E-state index contributed by atoms with van der Waals surface area (Å²) in [7, 11) is 0. The molecule has 6 nitrogen and oxygen atoms in total. The monoisotopic (exact) mass is 444 g/mol. The maximum Gasteiger partial charge on any atom is 0.230 e. The van der Waals surface area contributed by atoms with Crippen molar-refractivity contribution >= 4 is 63.2 Å². The molecule has 3 rings (SSSR count). The fourth-order valence-corrected chi connectivity index (χ4v) is 4.59. The molecule has 1 atom stereocenters. The molecule has 1 aliphatic rings. The average Bonchev–Trinajstić information content (AvgIpc) is 3.32. The van der Waals surface area contributed by atoms with Crippen LogP contribution in [0.15, 0.2) is 22.5 Å². The Morgan fingerprint density at radius 1 is 1.33 bits per heavy atom. The molecule has 144 valence electrons. The second-order valence-electron chi connectivity index (χ2n) is 6.22. The van der Waals surface area contributed by atoms with E-state index in [9.17, 15) is 9.59 Å². The van der Waals surface area contributed by atoms with Gasteiger partial charge in [-0.15, -0.1) is 10.2 Å². The van der Waals surface area contributed by atoms with Crippen molar-refractivity contribution in [2.24, 2.45) is 0 Å². The highest BCUT2D eigenvalue weighted by Crippen LogP contribution is 2.35. The largest absolute Gasteiger partial charge is 0.349 e. The van der Waals surface area contributed by atoms with Gasteiger partial charge in [-0.3, -0.25) is 14.5 Å². The second kappa shape index (κ2) is 8.77. The van der Waals surface area contributed by atoms with Crippen molar-refractivity contribution in [2.45, 2.75) is 43.1 Å². The Morgan fingerprint density at radius 2 is 2.07 bits per heavy atom. The fourth-order valence-electron chi connectivity index (χ4n) is 2.51. The number of benzene rings is 1. The summed E-state index contributed by atoms with van der Waals surface area (Å²) in [5, 5.41) is 12.6. The number of carbonyl (C=O) groups is 2. The number of halogens is 2. The molecule has 0 radical (unpaired) electrons. The Labute approximate surface area is 175 Å². The van der Waals surface area contributed by atoms with Crippen molar-refractivity contribution in [3.05, 3.63) is 33.8 Å². The van der Waals surface area contributed by atoms with Gasteiger partial charge in [0.1, 0.15) is 0 Å². The molecule has 0 bridgehead atoms. The van der Waals surface area contributed by atoms with Crippen molar-refractivity contribution < 1.29 is 9.59 Å². The summed E-state index contributed by atoms with van der Waals surface area (Å²) in [6.45, 7) is 3.41. The molecule has 0 saturated heterocycles. The van der Waals surface area contributed by atoms with Crippen LogP contribution in [0.1, 0.15) is 38.3 Å². The number of rotatable bonds is 7. The molecular formula is C17H18Cl2N4O2S2. The smallest absolute Gasteiger partial charge is 0.230 e. The van der Waals surface area contributed by atoms with E-state index in [0.717, 1.165) is 18.4 Å². The van der Waals surface area contributed by atoms with E-state index in [1.165, 1.54) is 30.0 Å². The Bertz CT molecular complexity index is 857. The Balaban J connectivity index is 1.53. The summed E-state index contributed by atoms with van der Waals surface area (Å²) >= 11 is 14.6. The first kappa shape index (κ1) is 20.4. The minimum atomic E-state index is -0.194. The van der Waals surface area contributed by atoms with Crippen LogP contribution in [0, 0.1) is 0 Å². The van der Waals surface area contributed by atoms with E-state index in [-0.39, 0.29) is 29.7 Å². The van der Waals surface area contributed by atoms with Gasteiger partial charge in [0.25, 0.3) is 0 Å². The van der Waals surface area contributed by atoms with E-state index in [1.54, 1.807) is 17.0 Å². The van der Waals surface area contributed by atoms with Gasteiger partial charge >= 0.3 is 0 Å². The summed E-state index contributed by atoms with van der Waals surface area (Å²) < 4.78 is 0.661. The zero-order chi connectivity index (χ0) is 19.6. The third kappa shape index (κ3) is 5.34. The van der Waals surface area contributed by atoms with E-state index < -0.39 is 0 Å². The van der Waals surface area contributed by atoms with Gasteiger partial charge in [0.15, 0.2) is 4.34 Å². The minimum absolute atomic E-state index is 0.0293. The van der Waals surface area contributed by atoms with Crippen LogP contribution in [0.5, 0.6) is 0 Å². The molecule has 1 aromatic heterocycles. The van der Waals surface area contributed by atoms with Crippen molar-refractivity contribution in [1.29, 1.82) is 0 Å². The van der Waals surface area contributed by atoms with Gasteiger partial charge in [0.2, 0.25) is 16.9 Å². The topological polar surface area (TPSA) is 75.2 Å². The molecule has 0 aliphatic heterocycles. The van der Waals surface area contributed by atoms with Crippen LogP contribution < -0.4 is 10.2 Å². The lowest BCUT2D eigenvalue weighted by molar-refractivity contribution is -0.119. The molecule has 1 unspecified atom stereocenters. The van der Waals surface area contributed by atoms with Crippen LogP contribution >= 0.6 is 46.3 Å². The highest BCUT2D eigenvalue weighted by molar-refractivity contribution is 8.01. The van der Waals surface area contributed by atoms with Gasteiger partial charge in [0.05, 0.1) is 21.8 Å². The molecule has 10 heteroatoms. The van der Waals surface area contributed by atoms with Crippen molar-refractivity contribution in [2.75, 3.05) is 10.7 Å². The summed E-state index contributed by atoms with van der Waals surface area (Å²) in [5.41, 5.74) is 0.877. The molecule has 2 aromatic rings. The number of nitrogens with one attached hydrogen (secondary N) is 1. The van der Waals surface area contributed by atoms with Crippen LogP contribution in [-0.4, -0.2) is 33.8 Å². The van der Waals surface area contributed by atoms with Crippen LogP contribution in [-0.2, 0) is 9.59 Å². The van der Waals surface area contributed by atoms with Crippen LogP contribution in [0.2, 0.25) is 10.0 Å². The number of nitrogens with zero attached hydrogens (tertiary/aromatic N) is 3. The predicted octanol–water partition coefficient (Wildman–Crippen LogP) is 4.33. The van der Waals surface area contributed by atoms with Gasteiger partial charge in [0, 0.05) is 13.0 Å². The van der Waals surface area contributed by atoms with E-state index in [1.807, 2.05) is 13.0 Å². The normalized spacial score (nSPS) is 14.7. The maximum absolute atomic E-state index is 12.2. The molecular weight excluding hydrogens is 427 g/mol. The molecule has 1 fully saturated rings. The number of carbonyl (C=O) groups excluding carboxylic acids is 2. The summed E-state index contributed by atoms with van der Waals surface area (Å²) in [5.74, 6) is 0.0587. The zero-order valence-corrected chi connectivity index (χ0v) is 17.9. The van der Waals surface area contributed by atoms with Crippen LogP contribution in [0.3, 0.4) is 0 Å². The lowest BCUT2D eigenvalue weighted by Gasteiger charge is -2.15. The zero-order valence-electron chi connectivity index (χ0n) is 14.7. The summed E-state index contributed by atoms with van der Waals surface area (Å²) in [6, 6.07) is 5.33. The molecule has 0 spiro atoms. The van der Waals surface area contributed by atoms with Gasteiger partial charge in [-0.05, 0) is 37.5 Å². The van der Waals surface area contributed by atoms with Crippen LogP contribution in [0.4, 0.5) is 5.13 Å². The number of thioether (sulfide) groups is 1. The number of amides is 2. The van der Waals surface area contributed by atoms with Gasteiger partial charge in [-0.2, -0.15) is 0 Å². The fraction of sp³-hybridized carbons (Fsp3) is 0.412. The Hall–Kier alpha value is -1.35. The van der Waals surface area contributed by atoms with Gasteiger partial charge in [-0.25, -0.2) is 0 Å². The quantitative estimate of drug-likeness (QED) is 0.507. The molecule has 1 N–H and O–H groups in total. The third-order valence-electron chi connectivity index (χ3n) is 4.00. The van der Waals surface area contributed by atoms with E-state index in [2.05, 4.69) is 15.5 Å². The summed E-state index contributed by atoms with van der Waals surface area (Å²) in [6.07, 6.45) is 1.99. The standard InChI is InChI=1S/C17H18Cl2N4O2S2/c1-9(11-3-6-13(18)14(19)7-11)20-15(25)8-26-17-22-21-16(27-17)23(10(2)24)12-4-5-12/h3,6-7,9,12H,4-5,8H2,1-2H3,(H,20,25). The molecule has 1 aliphatic carbocycles. The van der Waals surface area contributed by atoms with E-state index in [0.29, 0.717) is 19.5 Å². The summed E-state index contributed by atoms with van der Waals surface area (Å²) in [4.78, 5) is 25.7. The van der Waals surface area contributed by atoms with Gasteiger partial charge in [-0.1, -0.05) is 52.4 Å². The Kier molecular flexibility index (Phi) is 6.62. The first-order valence-electron chi connectivity index (χ1n) is 8.35. The highest BCUT2D eigenvalue weighted by Gasteiger charge is 2.34. The van der Waals surface area contributed by atoms with Gasteiger partial charge < -0.3 is 5.32 Å². The minimum Gasteiger partial charge on any atom is -0.349 e. The molecule has 2 amide bonds. The molecule has 1 heterocycles. The number of anilines is 1. The second-order valence-corrected chi connectivity index (χ2v) is 9.21. The lowest BCUT2D eigenvalue weighted by Crippen LogP contribution is -2.30. The predicted molar refractivity (Wildman–Crippen MR) is 110 cm³/mol. The first-order chi connectivity index (χ1) is 12.8. The van der Waals surface area contributed by atoms with Crippen molar-refractivity contribution in [1.82, 2.24) is 15.5 Å². The molecule has 1 aromatic carbocycles. The van der Waals surface area contributed by atoms with Crippen molar-refractivity contribution in [3.8, 4) is 0 Å².